The lowest BCUT2D eigenvalue weighted by Gasteiger charge is -2.17. The van der Waals surface area contributed by atoms with Crippen molar-refractivity contribution in [2.24, 2.45) is 0 Å². The predicted octanol–water partition coefficient (Wildman–Crippen LogP) is 8.45. The Morgan fingerprint density at radius 1 is 1.05 bits per heavy atom. The first kappa shape index (κ1) is 30.3. The summed E-state index contributed by atoms with van der Waals surface area (Å²) in [5.41, 5.74) is 3.10. The summed E-state index contributed by atoms with van der Waals surface area (Å²) in [6, 6.07) is 14.7. The van der Waals surface area contributed by atoms with E-state index in [-0.39, 0.29) is 24.7 Å². The number of carbonyl (C=O) groups excluding carboxylic acids is 1. The van der Waals surface area contributed by atoms with Crippen molar-refractivity contribution in [3.8, 4) is 28.8 Å². The van der Waals surface area contributed by atoms with Gasteiger partial charge >= 0.3 is 12.1 Å². The minimum Gasteiger partial charge on any atom is -0.489 e. The molecule has 0 bridgehead atoms. The van der Waals surface area contributed by atoms with Crippen LogP contribution in [0.2, 0.25) is 15.1 Å². The summed E-state index contributed by atoms with van der Waals surface area (Å²) in [5, 5.41) is 15.1. The van der Waals surface area contributed by atoms with Gasteiger partial charge in [0.25, 0.3) is 0 Å². The van der Waals surface area contributed by atoms with Crippen molar-refractivity contribution in [2.45, 2.75) is 32.3 Å². The minimum absolute atomic E-state index is 0.0236. The van der Waals surface area contributed by atoms with Crippen molar-refractivity contribution in [3.05, 3.63) is 97.7 Å². The molecule has 1 amide bonds. The third-order valence-corrected chi connectivity index (χ3v) is 7.67. The molecule has 43 heavy (non-hydrogen) atoms. The molecule has 4 aromatic rings. The molecule has 0 saturated heterocycles. The summed E-state index contributed by atoms with van der Waals surface area (Å²) >= 11 is 19.5. The fourth-order valence-corrected chi connectivity index (χ4v) is 5.15. The molecular formula is C32H25Cl3N2O6. The van der Waals surface area contributed by atoms with Crippen LogP contribution in [0.15, 0.2) is 59.1 Å². The molecule has 0 spiro atoms. The number of carboxylic acid groups (broad SMARTS) is 1. The van der Waals surface area contributed by atoms with Gasteiger partial charge in [-0.15, -0.1) is 0 Å². The number of anilines is 1. The van der Waals surface area contributed by atoms with Gasteiger partial charge in [-0.05, 0) is 62.2 Å². The Labute approximate surface area is 263 Å². The molecule has 0 aliphatic heterocycles. The molecule has 1 aromatic heterocycles. The normalized spacial score (nSPS) is 12.3. The van der Waals surface area contributed by atoms with Crippen LogP contribution in [0.25, 0.3) is 11.3 Å². The number of carbonyl (C=O) groups is 2. The molecule has 1 saturated carbocycles. The molecule has 11 heteroatoms. The molecule has 0 atom stereocenters. The lowest BCUT2D eigenvalue weighted by atomic mass is 10.0. The highest BCUT2D eigenvalue weighted by Crippen LogP contribution is 2.46. The zero-order valence-electron chi connectivity index (χ0n) is 23.1. The number of carboxylic acids is 1. The number of aromatic nitrogens is 1. The zero-order chi connectivity index (χ0) is 30.7. The Morgan fingerprint density at radius 3 is 2.44 bits per heavy atom. The van der Waals surface area contributed by atoms with E-state index in [0.717, 1.165) is 24.2 Å². The van der Waals surface area contributed by atoms with Crippen LogP contribution in [0.4, 0.5) is 10.5 Å². The second kappa shape index (κ2) is 13.0. The van der Waals surface area contributed by atoms with Crippen LogP contribution >= 0.6 is 34.8 Å². The Bertz CT molecular complexity index is 1750. The number of ether oxygens (including phenoxy) is 2. The average Bonchev–Trinajstić information content (AvgIpc) is 3.75. The van der Waals surface area contributed by atoms with Crippen molar-refractivity contribution in [2.75, 3.05) is 18.6 Å². The zero-order valence-corrected chi connectivity index (χ0v) is 25.4. The maximum Gasteiger partial charge on any atom is 0.413 e. The van der Waals surface area contributed by atoms with Crippen LogP contribution in [0, 0.1) is 11.8 Å². The number of benzene rings is 3. The second-order valence-corrected chi connectivity index (χ2v) is 11.0. The van der Waals surface area contributed by atoms with Gasteiger partial charge in [-0.1, -0.05) is 57.9 Å². The highest BCUT2D eigenvalue weighted by Gasteiger charge is 2.33. The largest absolute Gasteiger partial charge is 0.489 e. The van der Waals surface area contributed by atoms with Crippen molar-refractivity contribution in [1.29, 1.82) is 0 Å². The quantitative estimate of drug-likeness (QED) is 0.193. The highest BCUT2D eigenvalue weighted by molar-refractivity contribution is 6.39. The first-order chi connectivity index (χ1) is 20.7. The number of amides is 1. The van der Waals surface area contributed by atoms with E-state index in [1.165, 1.54) is 24.1 Å². The summed E-state index contributed by atoms with van der Waals surface area (Å²) in [4.78, 5) is 25.1. The second-order valence-electron chi connectivity index (χ2n) is 9.76. The third kappa shape index (κ3) is 6.91. The molecule has 0 unspecified atom stereocenters. The lowest BCUT2D eigenvalue weighted by molar-refractivity contribution is 0.0696. The summed E-state index contributed by atoms with van der Waals surface area (Å²) in [5.74, 6) is 6.29. The highest BCUT2D eigenvalue weighted by atomic mass is 35.5. The van der Waals surface area contributed by atoms with Crippen LogP contribution in [0.3, 0.4) is 0 Å². The standard InChI is InChI=1S/C32H25Cl3N2O6/c1-3-41-32(40)37(2)22-14-18(13-21(15-22)31(38)39)7-8-19-11-12-23(16-27(19)35)42-17-24-29(36-43-30(24)20-9-10-20)28-25(33)5-4-6-26(28)34/h4-6,11-16,20H,3,9-10,17H2,1-2H3,(H,38,39). The van der Waals surface area contributed by atoms with E-state index >= 15 is 0 Å². The van der Waals surface area contributed by atoms with Gasteiger partial charge in [0.2, 0.25) is 0 Å². The molecule has 0 radical (unpaired) electrons. The first-order valence-corrected chi connectivity index (χ1v) is 14.5. The molecule has 3 aromatic carbocycles. The summed E-state index contributed by atoms with van der Waals surface area (Å²) in [7, 11) is 1.49. The van der Waals surface area contributed by atoms with Crippen molar-refractivity contribution in [3.63, 3.8) is 0 Å². The fourth-order valence-electron chi connectivity index (χ4n) is 4.36. The predicted molar refractivity (Wildman–Crippen MR) is 165 cm³/mol. The van der Waals surface area contributed by atoms with Gasteiger partial charge in [-0.2, -0.15) is 0 Å². The van der Waals surface area contributed by atoms with Gasteiger partial charge in [0.1, 0.15) is 23.8 Å². The van der Waals surface area contributed by atoms with Crippen molar-refractivity contribution < 1.29 is 28.7 Å². The molecule has 220 valence electrons. The molecule has 1 fully saturated rings. The number of rotatable bonds is 8. The lowest BCUT2D eigenvalue weighted by Crippen LogP contribution is -2.27. The molecule has 1 aliphatic carbocycles. The molecular weight excluding hydrogens is 615 g/mol. The number of hydrogen-bond acceptors (Lipinski definition) is 6. The van der Waals surface area contributed by atoms with E-state index < -0.39 is 12.1 Å². The molecule has 1 heterocycles. The third-order valence-electron chi connectivity index (χ3n) is 6.73. The van der Waals surface area contributed by atoms with Gasteiger partial charge in [0.05, 0.1) is 32.8 Å². The van der Waals surface area contributed by atoms with Crippen LogP contribution in [0.5, 0.6) is 5.75 Å². The van der Waals surface area contributed by atoms with Gasteiger partial charge in [-0.3, -0.25) is 4.90 Å². The molecule has 5 rings (SSSR count). The monoisotopic (exact) mass is 638 g/mol. The van der Waals surface area contributed by atoms with Crippen molar-refractivity contribution >= 4 is 52.6 Å². The van der Waals surface area contributed by atoms with E-state index in [4.69, 9.17) is 48.8 Å². The van der Waals surface area contributed by atoms with E-state index in [1.807, 2.05) is 0 Å². The topological polar surface area (TPSA) is 102 Å². The van der Waals surface area contributed by atoms with Gasteiger partial charge in [0.15, 0.2) is 0 Å². The Balaban J connectivity index is 1.37. The first-order valence-electron chi connectivity index (χ1n) is 13.3. The smallest absolute Gasteiger partial charge is 0.413 e. The number of hydrogen-bond donors (Lipinski definition) is 1. The Morgan fingerprint density at radius 2 is 1.79 bits per heavy atom. The maximum absolute atomic E-state index is 12.2. The Hall–Kier alpha value is -4.16. The van der Waals surface area contributed by atoms with Gasteiger partial charge in [0, 0.05) is 41.4 Å². The number of nitrogens with zero attached hydrogens (tertiary/aromatic N) is 2. The van der Waals surface area contributed by atoms with E-state index in [0.29, 0.717) is 48.9 Å². The molecule has 1 aliphatic rings. The number of halogens is 3. The van der Waals surface area contributed by atoms with E-state index in [1.54, 1.807) is 49.4 Å². The maximum atomic E-state index is 12.2. The van der Waals surface area contributed by atoms with Crippen LogP contribution in [0.1, 0.15) is 58.5 Å². The Kier molecular flexibility index (Phi) is 9.16. The summed E-state index contributed by atoms with van der Waals surface area (Å²) in [6.45, 7) is 2.03. The fraction of sp³-hybridized carbons (Fsp3) is 0.219. The van der Waals surface area contributed by atoms with Crippen LogP contribution in [-0.4, -0.2) is 36.0 Å². The van der Waals surface area contributed by atoms with Crippen LogP contribution < -0.4 is 9.64 Å². The van der Waals surface area contributed by atoms with Crippen molar-refractivity contribution in [1.82, 2.24) is 5.16 Å². The van der Waals surface area contributed by atoms with Gasteiger partial charge in [-0.25, -0.2) is 9.59 Å². The van der Waals surface area contributed by atoms with E-state index in [2.05, 4.69) is 17.0 Å². The van der Waals surface area contributed by atoms with Crippen LogP contribution in [-0.2, 0) is 11.3 Å². The SMILES string of the molecule is CCOC(=O)N(C)c1cc(C#Cc2ccc(OCc3c(-c4c(Cl)cccc4Cl)noc3C3CC3)cc2Cl)cc(C(=O)O)c1. The average molecular weight is 640 g/mol. The summed E-state index contributed by atoms with van der Waals surface area (Å²) < 4.78 is 16.8. The van der Waals surface area contributed by atoms with Gasteiger partial charge < -0.3 is 19.1 Å². The van der Waals surface area contributed by atoms with E-state index in [9.17, 15) is 14.7 Å². The summed E-state index contributed by atoms with van der Waals surface area (Å²) in [6.07, 6.45) is 1.40. The number of aromatic carboxylic acids is 1. The minimum atomic E-state index is -1.15. The molecule has 8 nitrogen and oxygen atoms in total. The molecule has 1 N–H and O–H groups in total.